The van der Waals surface area contributed by atoms with Crippen LogP contribution < -0.4 is 5.32 Å². The number of aliphatic hydroxyl groups is 1. The number of amides is 3. The molecule has 3 amide bonds. The van der Waals surface area contributed by atoms with Gasteiger partial charge in [0.05, 0.1) is 23.7 Å². The zero-order valence-corrected chi connectivity index (χ0v) is 13.0. The molecular formula is C15H16ClN3O4. The lowest BCUT2D eigenvalue weighted by Crippen LogP contribution is -2.70. The molecule has 3 rings (SSSR count). The average molecular weight is 338 g/mol. The van der Waals surface area contributed by atoms with Crippen LogP contribution >= 0.6 is 11.6 Å². The zero-order chi connectivity index (χ0) is 16.6. The third-order valence-electron chi connectivity index (χ3n) is 4.15. The number of aliphatic hydroxyl groups excluding tert-OH is 1. The van der Waals surface area contributed by atoms with E-state index in [9.17, 15) is 14.4 Å². The maximum atomic E-state index is 12.6. The van der Waals surface area contributed by atoms with Crippen LogP contribution in [0.4, 0.5) is 0 Å². The Bertz CT molecular complexity index is 666. The van der Waals surface area contributed by atoms with Crippen molar-refractivity contribution >= 4 is 29.3 Å². The number of nitrogens with zero attached hydrogens (tertiary/aromatic N) is 2. The van der Waals surface area contributed by atoms with E-state index < -0.39 is 18.7 Å². The molecule has 0 unspecified atom stereocenters. The van der Waals surface area contributed by atoms with Gasteiger partial charge in [-0.25, -0.2) is 0 Å². The number of halogens is 1. The minimum Gasteiger partial charge on any atom is -0.394 e. The van der Waals surface area contributed by atoms with Crippen molar-refractivity contribution in [2.45, 2.75) is 12.1 Å². The van der Waals surface area contributed by atoms with Gasteiger partial charge >= 0.3 is 0 Å². The van der Waals surface area contributed by atoms with Crippen LogP contribution in [0.2, 0.25) is 5.02 Å². The molecule has 0 saturated carbocycles. The van der Waals surface area contributed by atoms with E-state index in [1.54, 1.807) is 24.3 Å². The highest BCUT2D eigenvalue weighted by Gasteiger charge is 2.44. The summed E-state index contributed by atoms with van der Waals surface area (Å²) in [5.41, 5.74) is 0.374. The predicted octanol–water partition coefficient (Wildman–Crippen LogP) is -0.516. The van der Waals surface area contributed by atoms with E-state index in [1.165, 1.54) is 9.80 Å². The molecule has 2 fully saturated rings. The Balaban J connectivity index is 1.78. The Morgan fingerprint density at radius 3 is 2.74 bits per heavy atom. The van der Waals surface area contributed by atoms with Crippen LogP contribution in [0, 0.1) is 0 Å². The summed E-state index contributed by atoms with van der Waals surface area (Å²) in [6, 6.07) is 5.09. The van der Waals surface area contributed by atoms with Crippen LogP contribution in [-0.2, 0) is 9.59 Å². The summed E-state index contributed by atoms with van der Waals surface area (Å²) >= 11 is 6.05. The maximum absolute atomic E-state index is 12.6. The van der Waals surface area contributed by atoms with Gasteiger partial charge in [0.25, 0.3) is 5.91 Å². The summed E-state index contributed by atoms with van der Waals surface area (Å²) in [7, 11) is 0. The number of hydrogen-bond donors (Lipinski definition) is 2. The zero-order valence-electron chi connectivity index (χ0n) is 12.2. The summed E-state index contributed by atoms with van der Waals surface area (Å²) in [5, 5.41) is 12.0. The first-order valence-corrected chi connectivity index (χ1v) is 7.66. The fraction of sp³-hybridized carbons (Fsp3) is 0.400. The van der Waals surface area contributed by atoms with Crippen molar-refractivity contribution in [1.82, 2.24) is 15.1 Å². The molecule has 23 heavy (non-hydrogen) atoms. The SMILES string of the molecule is O=C1N[C@@H](CO)C(=O)N2CCN(C(=O)c3ccccc3Cl)C[C@H]12. The van der Waals surface area contributed by atoms with Crippen LogP contribution in [-0.4, -0.2) is 71.0 Å². The smallest absolute Gasteiger partial charge is 0.255 e. The number of nitrogens with one attached hydrogen (secondary N) is 1. The first-order chi connectivity index (χ1) is 11.0. The molecular weight excluding hydrogens is 322 g/mol. The summed E-state index contributed by atoms with van der Waals surface area (Å²) in [5.74, 6) is -0.943. The molecule has 2 heterocycles. The van der Waals surface area contributed by atoms with Gasteiger partial charge in [0, 0.05) is 13.1 Å². The van der Waals surface area contributed by atoms with Gasteiger partial charge in [-0.15, -0.1) is 0 Å². The molecule has 8 heteroatoms. The Kier molecular flexibility index (Phi) is 4.23. The molecule has 1 aromatic carbocycles. The van der Waals surface area contributed by atoms with Gasteiger partial charge < -0.3 is 20.2 Å². The van der Waals surface area contributed by atoms with Gasteiger partial charge in [0.2, 0.25) is 11.8 Å². The molecule has 0 radical (unpaired) electrons. The molecule has 0 aliphatic carbocycles. The summed E-state index contributed by atoms with van der Waals surface area (Å²) < 4.78 is 0. The first-order valence-electron chi connectivity index (χ1n) is 7.28. The highest BCUT2D eigenvalue weighted by Crippen LogP contribution is 2.21. The quantitative estimate of drug-likeness (QED) is 0.760. The van der Waals surface area contributed by atoms with Crippen molar-refractivity contribution < 1.29 is 19.5 Å². The topological polar surface area (TPSA) is 89.9 Å². The van der Waals surface area contributed by atoms with Crippen molar-refractivity contribution in [2.24, 2.45) is 0 Å². The van der Waals surface area contributed by atoms with Crippen molar-refractivity contribution in [3.63, 3.8) is 0 Å². The molecule has 7 nitrogen and oxygen atoms in total. The fourth-order valence-electron chi connectivity index (χ4n) is 2.91. The molecule has 2 aliphatic heterocycles. The van der Waals surface area contributed by atoms with Crippen molar-refractivity contribution in [2.75, 3.05) is 26.2 Å². The lowest BCUT2D eigenvalue weighted by Gasteiger charge is -2.44. The lowest BCUT2D eigenvalue weighted by molar-refractivity contribution is -0.153. The van der Waals surface area contributed by atoms with Gasteiger partial charge in [-0.2, -0.15) is 0 Å². The van der Waals surface area contributed by atoms with E-state index in [4.69, 9.17) is 16.7 Å². The van der Waals surface area contributed by atoms with Crippen LogP contribution in [0.5, 0.6) is 0 Å². The third-order valence-corrected chi connectivity index (χ3v) is 4.48. The second kappa shape index (κ2) is 6.17. The van der Waals surface area contributed by atoms with Gasteiger partial charge in [-0.05, 0) is 12.1 Å². The molecule has 0 bridgehead atoms. The summed E-state index contributed by atoms with van der Waals surface area (Å²) in [6.07, 6.45) is 0. The number of piperazine rings is 2. The molecule has 2 aliphatic rings. The van der Waals surface area contributed by atoms with Gasteiger partial charge in [0.1, 0.15) is 12.1 Å². The number of carbonyl (C=O) groups excluding carboxylic acids is 3. The highest BCUT2D eigenvalue weighted by molar-refractivity contribution is 6.33. The second-order valence-corrected chi connectivity index (χ2v) is 5.93. The first kappa shape index (κ1) is 15.8. The van der Waals surface area contributed by atoms with E-state index >= 15 is 0 Å². The Morgan fingerprint density at radius 1 is 1.30 bits per heavy atom. The molecule has 2 N–H and O–H groups in total. The van der Waals surface area contributed by atoms with Crippen LogP contribution in [0.3, 0.4) is 0 Å². The Morgan fingerprint density at radius 2 is 2.04 bits per heavy atom. The van der Waals surface area contributed by atoms with E-state index in [0.717, 1.165) is 0 Å². The third kappa shape index (κ3) is 2.77. The van der Waals surface area contributed by atoms with E-state index in [1.807, 2.05) is 0 Å². The van der Waals surface area contributed by atoms with E-state index in [2.05, 4.69) is 5.32 Å². The monoisotopic (exact) mass is 337 g/mol. The Hall–Kier alpha value is -2.12. The van der Waals surface area contributed by atoms with Crippen molar-refractivity contribution in [3.8, 4) is 0 Å². The summed E-state index contributed by atoms with van der Waals surface area (Å²) in [4.78, 5) is 39.8. The fourth-order valence-corrected chi connectivity index (χ4v) is 3.13. The van der Waals surface area contributed by atoms with Gasteiger partial charge in [-0.3, -0.25) is 14.4 Å². The standard InChI is InChI=1S/C15H16ClN3O4/c16-10-4-2-1-3-9(10)14(22)18-5-6-19-12(7-18)13(21)17-11(8-20)15(19)23/h1-4,11-12,20H,5-8H2,(H,17,21)/t11-,12+/m0/s1. The summed E-state index contributed by atoms with van der Waals surface area (Å²) in [6.45, 7) is 0.247. The molecule has 0 spiro atoms. The normalized spacial score (nSPS) is 24.3. The number of rotatable bonds is 2. The second-order valence-electron chi connectivity index (χ2n) is 5.52. The largest absolute Gasteiger partial charge is 0.394 e. The highest BCUT2D eigenvalue weighted by atomic mass is 35.5. The van der Waals surface area contributed by atoms with Crippen molar-refractivity contribution in [3.05, 3.63) is 34.9 Å². The molecule has 2 atom stereocenters. The molecule has 1 aromatic rings. The van der Waals surface area contributed by atoms with Crippen LogP contribution in [0.15, 0.2) is 24.3 Å². The van der Waals surface area contributed by atoms with Gasteiger partial charge in [0.15, 0.2) is 0 Å². The average Bonchev–Trinajstić information content (AvgIpc) is 2.57. The number of carbonyl (C=O) groups is 3. The van der Waals surface area contributed by atoms with Crippen molar-refractivity contribution in [1.29, 1.82) is 0 Å². The number of benzene rings is 1. The maximum Gasteiger partial charge on any atom is 0.255 e. The molecule has 0 aromatic heterocycles. The lowest BCUT2D eigenvalue weighted by atomic mass is 10.0. The number of hydrogen-bond acceptors (Lipinski definition) is 4. The molecule has 122 valence electrons. The van der Waals surface area contributed by atoms with Crippen LogP contribution in [0.25, 0.3) is 0 Å². The van der Waals surface area contributed by atoms with E-state index in [0.29, 0.717) is 17.1 Å². The Labute approximate surface area is 137 Å². The van der Waals surface area contributed by atoms with Gasteiger partial charge in [-0.1, -0.05) is 23.7 Å². The number of fused-ring (bicyclic) bond motifs is 1. The molecule has 2 saturated heterocycles. The predicted molar refractivity (Wildman–Crippen MR) is 81.9 cm³/mol. The van der Waals surface area contributed by atoms with E-state index in [-0.39, 0.29) is 30.8 Å². The minimum atomic E-state index is -0.899. The minimum absolute atomic E-state index is 0.111. The van der Waals surface area contributed by atoms with Crippen LogP contribution in [0.1, 0.15) is 10.4 Å².